The Morgan fingerprint density at radius 2 is 2.35 bits per heavy atom. The second-order valence-corrected chi connectivity index (χ2v) is 3.65. The molecule has 0 spiro atoms. The molecule has 92 valence electrons. The number of nitrogens with zero attached hydrogens (tertiary/aromatic N) is 3. The number of carbonyl (C=O) groups excluding carboxylic acids is 1. The lowest BCUT2D eigenvalue weighted by atomic mass is 10.2. The van der Waals surface area contributed by atoms with Crippen molar-refractivity contribution >= 4 is 11.7 Å². The predicted molar refractivity (Wildman–Crippen MR) is 63.6 cm³/mol. The van der Waals surface area contributed by atoms with E-state index in [1.807, 2.05) is 18.2 Å². The van der Waals surface area contributed by atoms with E-state index in [9.17, 15) is 4.79 Å². The summed E-state index contributed by atoms with van der Waals surface area (Å²) in [6, 6.07) is 5.65. The molecule has 0 aliphatic heterocycles. The Morgan fingerprint density at radius 1 is 1.59 bits per heavy atom. The molecule has 1 heterocycles. The molecule has 1 aromatic heterocycles. The van der Waals surface area contributed by atoms with Gasteiger partial charge in [-0.15, -0.1) is 0 Å². The summed E-state index contributed by atoms with van der Waals surface area (Å²) >= 11 is 0. The van der Waals surface area contributed by atoms with Crippen molar-refractivity contribution in [2.24, 2.45) is 10.9 Å². The second-order valence-electron chi connectivity index (χ2n) is 3.65. The molecule has 0 aliphatic rings. The standard InChI is InChI=1S/C11H16N4O2/c1-15(11(16)8-10(12)14-17)7-5-9-4-2-3-6-13-9/h2-4,6,17H,5,7-8H2,1H3,(H2,12,14). The normalized spacial score (nSPS) is 11.2. The Balaban J connectivity index is 2.39. The van der Waals surface area contributed by atoms with Gasteiger partial charge in [0.05, 0.1) is 6.42 Å². The van der Waals surface area contributed by atoms with Gasteiger partial charge in [0.1, 0.15) is 5.84 Å². The Bertz CT molecular complexity index is 392. The number of likely N-dealkylation sites (N-methyl/N-ethyl adjacent to an activating group) is 1. The molecule has 17 heavy (non-hydrogen) atoms. The van der Waals surface area contributed by atoms with E-state index in [1.165, 1.54) is 4.90 Å². The van der Waals surface area contributed by atoms with Crippen LogP contribution in [0.15, 0.2) is 29.6 Å². The summed E-state index contributed by atoms with van der Waals surface area (Å²) in [6.07, 6.45) is 2.32. The van der Waals surface area contributed by atoms with Crippen LogP contribution >= 0.6 is 0 Å². The zero-order valence-electron chi connectivity index (χ0n) is 9.71. The molecule has 3 N–H and O–H groups in total. The molecule has 0 atom stereocenters. The number of hydrogen-bond donors (Lipinski definition) is 2. The maximum absolute atomic E-state index is 11.6. The van der Waals surface area contributed by atoms with E-state index in [0.717, 1.165) is 5.69 Å². The number of amides is 1. The van der Waals surface area contributed by atoms with Crippen LogP contribution in [-0.4, -0.2) is 40.4 Å². The lowest BCUT2D eigenvalue weighted by molar-refractivity contribution is -0.128. The van der Waals surface area contributed by atoms with E-state index in [4.69, 9.17) is 10.9 Å². The van der Waals surface area contributed by atoms with Gasteiger partial charge in [-0.2, -0.15) is 0 Å². The molecule has 0 saturated carbocycles. The van der Waals surface area contributed by atoms with Crippen molar-refractivity contribution < 1.29 is 10.0 Å². The van der Waals surface area contributed by atoms with Crippen LogP contribution in [0.1, 0.15) is 12.1 Å². The van der Waals surface area contributed by atoms with Crippen LogP contribution in [0.3, 0.4) is 0 Å². The molecule has 1 aromatic rings. The van der Waals surface area contributed by atoms with Gasteiger partial charge in [0, 0.05) is 31.9 Å². The van der Waals surface area contributed by atoms with E-state index < -0.39 is 0 Å². The molecular formula is C11H16N4O2. The van der Waals surface area contributed by atoms with Crippen molar-refractivity contribution in [1.82, 2.24) is 9.88 Å². The summed E-state index contributed by atoms with van der Waals surface area (Å²) in [5, 5.41) is 11.1. The molecule has 0 bridgehead atoms. The van der Waals surface area contributed by atoms with Gasteiger partial charge < -0.3 is 15.8 Å². The number of oxime groups is 1. The van der Waals surface area contributed by atoms with Gasteiger partial charge in [-0.1, -0.05) is 11.2 Å². The van der Waals surface area contributed by atoms with Crippen LogP contribution in [-0.2, 0) is 11.2 Å². The Morgan fingerprint density at radius 3 is 2.94 bits per heavy atom. The highest BCUT2D eigenvalue weighted by atomic mass is 16.4. The van der Waals surface area contributed by atoms with E-state index in [-0.39, 0.29) is 18.2 Å². The van der Waals surface area contributed by atoms with Crippen molar-refractivity contribution in [1.29, 1.82) is 0 Å². The largest absolute Gasteiger partial charge is 0.409 e. The lowest BCUT2D eigenvalue weighted by Gasteiger charge is -2.16. The average molecular weight is 236 g/mol. The second kappa shape index (κ2) is 6.47. The first-order chi connectivity index (χ1) is 8.13. The quantitative estimate of drug-likeness (QED) is 0.331. The fourth-order valence-electron chi connectivity index (χ4n) is 1.28. The van der Waals surface area contributed by atoms with Crippen molar-refractivity contribution in [2.75, 3.05) is 13.6 Å². The first-order valence-corrected chi connectivity index (χ1v) is 5.23. The number of carbonyl (C=O) groups is 1. The zero-order valence-corrected chi connectivity index (χ0v) is 9.71. The highest BCUT2D eigenvalue weighted by molar-refractivity contribution is 5.98. The number of hydrogen-bond acceptors (Lipinski definition) is 4. The molecule has 0 fully saturated rings. The molecule has 0 saturated heterocycles. The number of aromatic nitrogens is 1. The Labute approximate surface area is 99.7 Å². The first-order valence-electron chi connectivity index (χ1n) is 5.23. The van der Waals surface area contributed by atoms with E-state index >= 15 is 0 Å². The van der Waals surface area contributed by atoms with E-state index in [0.29, 0.717) is 13.0 Å². The van der Waals surface area contributed by atoms with Gasteiger partial charge in [-0.05, 0) is 12.1 Å². The molecule has 0 unspecified atom stereocenters. The zero-order chi connectivity index (χ0) is 12.7. The van der Waals surface area contributed by atoms with E-state index in [1.54, 1.807) is 13.2 Å². The van der Waals surface area contributed by atoms with Crippen LogP contribution in [0.25, 0.3) is 0 Å². The van der Waals surface area contributed by atoms with E-state index in [2.05, 4.69) is 10.1 Å². The molecule has 0 aliphatic carbocycles. The minimum absolute atomic E-state index is 0.0742. The summed E-state index contributed by atoms with van der Waals surface area (Å²) in [6.45, 7) is 0.550. The summed E-state index contributed by atoms with van der Waals surface area (Å²) in [4.78, 5) is 17.3. The highest BCUT2D eigenvalue weighted by Gasteiger charge is 2.10. The molecule has 6 heteroatoms. The van der Waals surface area contributed by atoms with Crippen molar-refractivity contribution in [3.63, 3.8) is 0 Å². The fourth-order valence-corrected chi connectivity index (χ4v) is 1.28. The topological polar surface area (TPSA) is 91.8 Å². The molecule has 0 aromatic carbocycles. The minimum atomic E-state index is -0.184. The van der Waals surface area contributed by atoms with Crippen molar-refractivity contribution in [3.8, 4) is 0 Å². The third kappa shape index (κ3) is 4.50. The van der Waals surface area contributed by atoms with Crippen molar-refractivity contribution in [2.45, 2.75) is 12.8 Å². The number of pyridine rings is 1. The van der Waals surface area contributed by atoms with Gasteiger partial charge in [0.15, 0.2) is 0 Å². The first kappa shape index (κ1) is 13.0. The maximum atomic E-state index is 11.6. The van der Waals surface area contributed by atoms with Crippen LogP contribution in [0.4, 0.5) is 0 Å². The lowest BCUT2D eigenvalue weighted by Crippen LogP contribution is -2.32. The van der Waals surface area contributed by atoms with Gasteiger partial charge >= 0.3 is 0 Å². The van der Waals surface area contributed by atoms with Crippen LogP contribution in [0.2, 0.25) is 0 Å². The monoisotopic (exact) mass is 236 g/mol. The van der Waals surface area contributed by atoms with Crippen molar-refractivity contribution in [3.05, 3.63) is 30.1 Å². The number of rotatable bonds is 5. The smallest absolute Gasteiger partial charge is 0.230 e. The van der Waals surface area contributed by atoms with Gasteiger partial charge in [0.2, 0.25) is 5.91 Å². The Kier molecular flexibility index (Phi) is 4.93. The van der Waals surface area contributed by atoms with Crippen LogP contribution in [0, 0.1) is 0 Å². The Hall–Kier alpha value is -2.11. The highest BCUT2D eigenvalue weighted by Crippen LogP contribution is 1.98. The molecule has 1 rings (SSSR count). The van der Waals surface area contributed by atoms with Crippen LogP contribution in [0.5, 0.6) is 0 Å². The van der Waals surface area contributed by atoms with Gasteiger partial charge in [-0.25, -0.2) is 0 Å². The van der Waals surface area contributed by atoms with Crippen LogP contribution < -0.4 is 5.73 Å². The summed E-state index contributed by atoms with van der Waals surface area (Å²) < 4.78 is 0. The molecular weight excluding hydrogens is 220 g/mol. The number of nitrogens with two attached hydrogens (primary N) is 1. The molecule has 0 radical (unpaired) electrons. The maximum Gasteiger partial charge on any atom is 0.230 e. The SMILES string of the molecule is CN(CCc1ccccn1)C(=O)C/C(N)=N/O. The minimum Gasteiger partial charge on any atom is -0.409 e. The summed E-state index contributed by atoms with van der Waals surface area (Å²) in [7, 11) is 1.68. The third-order valence-corrected chi connectivity index (χ3v) is 2.32. The third-order valence-electron chi connectivity index (χ3n) is 2.32. The van der Waals surface area contributed by atoms with Gasteiger partial charge in [0.25, 0.3) is 0 Å². The average Bonchev–Trinajstić information content (AvgIpc) is 2.36. The predicted octanol–water partition coefficient (Wildman–Crippen LogP) is 0.219. The number of amidine groups is 1. The molecule has 1 amide bonds. The summed E-state index contributed by atoms with van der Waals surface area (Å²) in [5.74, 6) is -0.268. The molecule has 6 nitrogen and oxygen atoms in total. The fraction of sp³-hybridized carbons (Fsp3) is 0.364. The summed E-state index contributed by atoms with van der Waals surface area (Å²) in [5.41, 5.74) is 6.19. The van der Waals surface area contributed by atoms with Gasteiger partial charge in [-0.3, -0.25) is 9.78 Å².